The van der Waals surface area contributed by atoms with Gasteiger partial charge in [-0.1, -0.05) is 44.2 Å². The summed E-state index contributed by atoms with van der Waals surface area (Å²) in [6.07, 6.45) is 0. The summed E-state index contributed by atoms with van der Waals surface area (Å²) in [6.45, 7) is 8.52. The molecule has 0 bridgehead atoms. The molecule has 6 nitrogen and oxygen atoms in total. The summed E-state index contributed by atoms with van der Waals surface area (Å²) in [5.74, 6) is -0.297. The van der Waals surface area contributed by atoms with Gasteiger partial charge in [-0.2, -0.15) is 0 Å². The van der Waals surface area contributed by atoms with E-state index in [1.807, 2.05) is 56.3 Å². The van der Waals surface area contributed by atoms with Crippen LogP contribution in [0.5, 0.6) is 0 Å². The van der Waals surface area contributed by atoms with Crippen LogP contribution in [0.25, 0.3) is 5.57 Å². The molecule has 2 aliphatic rings. The van der Waals surface area contributed by atoms with E-state index in [9.17, 15) is 9.59 Å². The Morgan fingerprint density at radius 3 is 2.13 bits per heavy atom. The number of piperazine rings is 1. The lowest BCUT2D eigenvalue weighted by Crippen LogP contribution is -2.44. The molecule has 2 amide bonds. The van der Waals surface area contributed by atoms with Gasteiger partial charge >= 0.3 is 0 Å². The van der Waals surface area contributed by atoms with E-state index < -0.39 is 0 Å². The van der Waals surface area contributed by atoms with Crippen molar-refractivity contribution in [2.45, 2.75) is 13.8 Å². The number of nitrogens with zero attached hydrogens (tertiary/aromatic N) is 3. The number of benzene rings is 2. The van der Waals surface area contributed by atoms with Crippen LogP contribution in [-0.4, -0.2) is 61.4 Å². The molecule has 2 aliphatic heterocycles. The number of nitrogens with one attached hydrogen (secondary N) is 1. The van der Waals surface area contributed by atoms with E-state index in [2.05, 4.69) is 34.3 Å². The molecular formula is C25H30N4O2. The van der Waals surface area contributed by atoms with Crippen LogP contribution >= 0.6 is 0 Å². The largest absolute Gasteiger partial charge is 0.369 e. The molecule has 0 unspecified atom stereocenters. The van der Waals surface area contributed by atoms with Gasteiger partial charge in [-0.15, -0.1) is 0 Å². The number of hydrogen-bond donors (Lipinski definition) is 1. The molecule has 0 saturated carbocycles. The number of likely N-dealkylation sites (N-methyl/N-ethyl adjacent to an activating group) is 1. The molecule has 2 heterocycles. The zero-order valence-electron chi connectivity index (χ0n) is 18.5. The molecule has 6 heteroatoms. The van der Waals surface area contributed by atoms with Crippen LogP contribution in [0, 0.1) is 5.92 Å². The van der Waals surface area contributed by atoms with Gasteiger partial charge in [-0.25, -0.2) is 0 Å². The van der Waals surface area contributed by atoms with E-state index in [1.165, 1.54) is 10.6 Å². The van der Waals surface area contributed by atoms with Gasteiger partial charge in [0.1, 0.15) is 5.70 Å². The summed E-state index contributed by atoms with van der Waals surface area (Å²) >= 11 is 0. The number of carbonyl (C=O) groups is 2. The van der Waals surface area contributed by atoms with E-state index in [0.717, 1.165) is 37.4 Å². The van der Waals surface area contributed by atoms with Crippen LogP contribution in [0.15, 0.2) is 60.3 Å². The zero-order chi connectivity index (χ0) is 22.0. The Kier molecular flexibility index (Phi) is 6.09. The molecule has 1 saturated heterocycles. The second kappa shape index (κ2) is 8.94. The highest BCUT2D eigenvalue weighted by Gasteiger charge is 2.39. The Bertz CT molecular complexity index is 974. The first-order chi connectivity index (χ1) is 14.9. The van der Waals surface area contributed by atoms with Crippen LogP contribution in [-0.2, 0) is 9.59 Å². The van der Waals surface area contributed by atoms with Crippen molar-refractivity contribution in [2.24, 2.45) is 5.92 Å². The number of imide groups is 1. The zero-order valence-corrected chi connectivity index (χ0v) is 18.5. The molecule has 0 aromatic heterocycles. The third kappa shape index (κ3) is 4.49. The first-order valence-corrected chi connectivity index (χ1v) is 10.9. The number of hydrogen-bond acceptors (Lipinski definition) is 5. The molecule has 1 N–H and O–H groups in total. The smallest absolute Gasteiger partial charge is 0.278 e. The van der Waals surface area contributed by atoms with Gasteiger partial charge < -0.3 is 15.1 Å². The summed E-state index contributed by atoms with van der Waals surface area (Å²) in [4.78, 5) is 32.3. The van der Waals surface area contributed by atoms with Gasteiger partial charge in [0.05, 0.1) is 5.57 Å². The lowest BCUT2D eigenvalue weighted by Gasteiger charge is -2.34. The fourth-order valence-electron chi connectivity index (χ4n) is 4.06. The van der Waals surface area contributed by atoms with Gasteiger partial charge in [0.2, 0.25) is 0 Å². The summed E-state index contributed by atoms with van der Waals surface area (Å²) in [7, 11) is 2.14. The van der Waals surface area contributed by atoms with E-state index >= 15 is 0 Å². The third-order valence-corrected chi connectivity index (χ3v) is 5.78. The Balaban J connectivity index is 1.60. The van der Waals surface area contributed by atoms with Gasteiger partial charge in [0, 0.05) is 44.1 Å². The summed E-state index contributed by atoms with van der Waals surface area (Å²) < 4.78 is 0. The van der Waals surface area contributed by atoms with Gasteiger partial charge in [0.15, 0.2) is 0 Å². The van der Waals surface area contributed by atoms with E-state index in [-0.39, 0.29) is 17.7 Å². The first kappa shape index (κ1) is 21.1. The minimum absolute atomic E-state index is 0.201. The van der Waals surface area contributed by atoms with Crippen LogP contribution in [0.3, 0.4) is 0 Å². The topological polar surface area (TPSA) is 55.9 Å². The minimum Gasteiger partial charge on any atom is -0.369 e. The fraction of sp³-hybridized carbons (Fsp3) is 0.360. The van der Waals surface area contributed by atoms with Gasteiger partial charge in [-0.3, -0.25) is 14.5 Å². The normalized spacial score (nSPS) is 17.8. The van der Waals surface area contributed by atoms with Crippen molar-refractivity contribution in [3.8, 4) is 0 Å². The molecule has 0 aliphatic carbocycles. The van der Waals surface area contributed by atoms with Crippen molar-refractivity contribution >= 4 is 28.8 Å². The molecule has 31 heavy (non-hydrogen) atoms. The molecule has 0 radical (unpaired) electrons. The molecule has 0 spiro atoms. The van der Waals surface area contributed by atoms with Crippen molar-refractivity contribution in [3.63, 3.8) is 0 Å². The number of carbonyl (C=O) groups excluding carboxylic acids is 2. The minimum atomic E-state index is -0.263. The van der Waals surface area contributed by atoms with Crippen molar-refractivity contribution in [3.05, 3.63) is 65.9 Å². The standard InChI is InChI=1S/C25H30N4O2/c1-18(2)17-29-24(30)22(19-7-5-4-6-8-19)23(25(29)31)26-20-9-11-21(12-10-20)28-15-13-27(3)14-16-28/h4-12,18,26H,13-17H2,1-3H3. The molecular weight excluding hydrogens is 388 g/mol. The number of rotatable bonds is 6. The lowest BCUT2D eigenvalue weighted by molar-refractivity contribution is -0.137. The Hall–Kier alpha value is -3.12. The quantitative estimate of drug-likeness (QED) is 0.730. The number of amides is 2. The predicted molar refractivity (Wildman–Crippen MR) is 125 cm³/mol. The lowest BCUT2D eigenvalue weighted by atomic mass is 10.0. The van der Waals surface area contributed by atoms with E-state index in [4.69, 9.17) is 0 Å². The molecule has 4 rings (SSSR count). The molecule has 0 atom stereocenters. The second-order valence-corrected chi connectivity index (χ2v) is 8.69. The highest BCUT2D eigenvalue weighted by molar-refractivity contribution is 6.36. The maximum absolute atomic E-state index is 13.2. The maximum atomic E-state index is 13.2. The monoisotopic (exact) mass is 418 g/mol. The highest BCUT2D eigenvalue weighted by Crippen LogP contribution is 2.31. The Labute approximate surface area is 184 Å². The third-order valence-electron chi connectivity index (χ3n) is 5.78. The predicted octanol–water partition coefficient (Wildman–Crippen LogP) is 3.29. The average molecular weight is 419 g/mol. The second-order valence-electron chi connectivity index (χ2n) is 8.69. The summed E-state index contributed by atoms with van der Waals surface area (Å²) in [5, 5.41) is 3.25. The molecule has 2 aromatic rings. The van der Waals surface area contributed by atoms with Crippen molar-refractivity contribution in [1.82, 2.24) is 9.80 Å². The fourth-order valence-corrected chi connectivity index (χ4v) is 4.06. The van der Waals surface area contributed by atoms with Gasteiger partial charge in [-0.05, 0) is 42.8 Å². The summed E-state index contributed by atoms with van der Waals surface area (Å²) in [5.41, 5.74) is 3.52. The Morgan fingerprint density at radius 2 is 1.52 bits per heavy atom. The van der Waals surface area contributed by atoms with Crippen molar-refractivity contribution < 1.29 is 9.59 Å². The molecule has 1 fully saturated rings. The Morgan fingerprint density at radius 1 is 0.871 bits per heavy atom. The summed E-state index contributed by atoms with van der Waals surface area (Å²) in [6, 6.07) is 17.5. The van der Waals surface area contributed by atoms with Crippen LogP contribution in [0.4, 0.5) is 11.4 Å². The van der Waals surface area contributed by atoms with Crippen molar-refractivity contribution in [1.29, 1.82) is 0 Å². The maximum Gasteiger partial charge on any atom is 0.278 e. The van der Waals surface area contributed by atoms with E-state index in [0.29, 0.717) is 17.8 Å². The van der Waals surface area contributed by atoms with Crippen molar-refractivity contribution in [2.75, 3.05) is 50.0 Å². The highest BCUT2D eigenvalue weighted by atomic mass is 16.2. The van der Waals surface area contributed by atoms with Crippen LogP contribution in [0.1, 0.15) is 19.4 Å². The van der Waals surface area contributed by atoms with Crippen LogP contribution in [0.2, 0.25) is 0 Å². The van der Waals surface area contributed by atoms with Gasteiger partial charge in [0.25, 0.3) is 11.8 Å². The molecule has 162 valence electrons. The SMILES string of the molecule is CC(C)CN1C(=O)C(Nc2ccc(N3CCN(C)CC3)cc2)=C(c2ccccc2)C1=O. The average Bonchev–Trinajstić information content (AvgIpc) is 2.99. The number of anilines is 2. The first-order valence-electron chi connectivity index (χ1n) is 10.9. The molecule has 2 aromatic carbocycles. The van der Waals surface area contributed by atoms with Crippen LogP contribution < -0.4 is 10.2 Å². The van der Waals surface area contributed by atoms with E-state index in [1.54, 1.807) is 0 Å².